The number of carboxylic acid groups (broad SMARTS) is 1. The van der Waals surface area contributed by atoms with Crippen molar-refractivity contribution >= 4 is 11.8 Å². The van der Waals surface area contributed by atoms with Gasteiger partial charge in [-0.05, 0) is 23.8 Å². The van der Waals surface area contributed by atoms with E-state index in [9.17, 15) is 14.9 Å². The molecule has 20 heavy (non-hydrogen) atoms. The van der Waals surface area contributed by atoms with Crippen LogP contribution in [0.4, 0.5) is 10.5 Å². The van der Waals surface area contributed by atoms with Crippen molar-refractivity contribution in [3.8, 4) is 0 Å². The Balaban J connectivity index is 2.26. The largest absolute Gasteiger partial charge is 0.505 e. The number of hydrogen-bond acceptors (Lipinski definition) is 5. The average Bonchev–Trinajstić information content (AvgIpc) is 2.93. The van der Waals surface area contributed by atoms with Gasteiger partial charge in [0.2, 0.25) is 0 Å². The van der Waals surface area contributed by atoms with Crippen molar-refractivity contribution in [1.29, 1.82) is 0 Å². The number of hydrogen-bond donors (Lipinski definition) is 1. The van der Waals surface area contributed by atoms with Gasteiger partial charge in [-0.15, -0.1) is 0 Å². The normalized spacial score (nSPS) is 11.8. The standard InChI is InChI=1S/C12H11N3O5/c16-12(17)20-8-11(14-7-1-6-13-14)9-2-4-10(5-3-9)15(18)19/h1-7,11H,8H2,(H,16,17). The maximum absolute atomic E-state index is 10.6. The van der Waals surface area contributed by atoms with Gasteiger partial charge in [-0.25, -0.2) is 4.79 Å². The number of nitrogens with zero attached hydrogens (tertiary/aromatic N) is 3. The summed E-state index contributed by atoms with van der Waals surface area (Å²) in [5, 5.41) is 23.2. The number of rotatable bonds is 5. The highest BCUT2D eigenvalue weighted by Gasteiger charge is 2.17. The molecule has 2 aromatic rings. The van der Waals surface area contributed by atoms with Crippen molar-refractivity contribution in [1.82, 2.24) is 9.78 Å². The van der Waals surface area contributed by atoms with E-state index in [1.54, 1.807) is 30.6 Å². The highest BCUT2D eigenvalue weighted by Crippen LogP contribution is 2.21. The summed E-state index contributed by atoms with van der Waals surface area (Å²) in [5.41, 5.74) is 0.632. The van der Waals surface area contributed by atoms with Crippen LogP contribution in [0.1, 0.15) is 11.6 Å². The fourth-order valence-corrected chi connectivity index (χ4v) is 1.76. The van der Waals surface area contributed by atoms with Crippen molar-refractivity contribution in [2.75, 3.05) is 6.61 Å². The molecule has 104 valence electrons. The van der Waals surface area contributed by atoms with Crippen LogP contribution in [0.25, 0.3) is 0 Å². The van der Waals surface area contributed by atoms with Gasteiger partial charge in [0.25, 0.3) is 5.69 Å². The minimum Gasteiger partial charge on any atom is -0.450 e. The van der Waals surface area contributed by atoms with E-state index in [1.807, 2.05) is 0 Å². The Labute approximate surface area is 113 Å². The van der Waals surface area contributed by atoms with Gasteiger partial charge in [-0.2, -0.15) is 5.10 Å². The third-order valence-corrected chi connectivity index (χ3v) is 2.70. The Morgan fingerprint density at radius 2 is 2.15 bits per heavy atom. The van der Waals surface area contributed by atoms with Crippen LogP contribution in [0, 0.1) is 10.1 Å². The first-order valence-corrected chi connectivity index (χ1v) is 5.67. The van der Waals surface area contributed by atoms with Crippen LogP contribution in [-0.4, -0.2) is 32.6 Å². The quantitative estimate of drug-likeness (QED) is 0.509. The molecule has 0 aliphatic rings. The maximum atomic E-state index is 10.6. The Morgan fingerprint density at radius 3 is 2.65 bits per heavy atom. The first-order valence-electron chi connectivity index (χ1n) is 5.67. The van der Waals surface area contributed by atoms with Crippen LogP contribution in [0.3, 0.4) is 0 Å². The number of nitro groups is 1. The number of aromatic nitrogens is 2. The van der Waals surface area contributed by atoms with E-state index in [0.717, 1.165) is 0 Å². The van der Waals surface area contributed by atoms with Gasteiger partial charge >= 0.3 is 6.16 Å². The molecule has 1 heterocycles. The van der Waals surface area contributed by atoms with Crippen molar-refractivity contribution in [3.63, 3.8) is 0 Å². The number of carbonyl (C=O) groups is 1. The van der Waals surface area contributed by atoms with E-state index >= 15 is 0 Å². The lowest BCUT2D eigenvalue weighted by atomic mass is 10.1. The highest BCUT2D eigenvalue weighted by molar-refractivity contribution is 5.56. The molecule has 0 amide bonds. The van der Waals surface area contributed by atoms with E-state index < -0.39 is 17.1 Å². The summed E-state index contributed by atoms with van der Waals surface area (Å²) in [4.78, 5) is 20.6. The van der Waals surface area contributed by atoms with Crippen LogP contribution in [0.5, 0.6) is 0 Å². The molecule has 1 atom stereocenters. The second-order valence-electron chi connectivity index (χ2n) is 3.93. The topological polar surface area (TPSA) is 107 Å². The molecule has 0 saturated heterocycles. The molecule has 1 unspecified atom stereocenters. The monoisotopic (exact) mass is 277 g/mol. The summed E-state index contributed by atoms with van der Waals surface area (Å²) in [5.74, 6) is 0. The number of ether oxygens (including phenoxy) is 1. The van der Waals surface area contributed by atoms with Crippen LogP contribution >= 0.6 is 0 Å². The molecule has 0 spiro atoms. The van der Waals surface area contributed by atoms with Crippen LogP contribution < -0.4 is 0 Å². The molecule has 8 heteroatoms. The van der Waals surface area contributed by atoms with Crippen molar-refractivity contribution in [2.45, 2.75) is 6.04 Å². The first kappa shape index (κ1) is 13.5. The van der Waals surface area contributed by atoms with Gasteiger partial charge in [0.1, 0.15) is 12.6 Å². The van der Waals surface area contributed by atoms with Crippen LogP contribution in [-0.2, 0) is 4.74 Å². The van der Waals surface area contributed by atoms with Gasteiger partial charge < -0.3 is 9.84 Å². The minimum atomic E-state index is -1.39. The van der Waals surface area contributed by atoms with E-state index in [2.05, 4.69) is 9.84 Å². The number of nitro benzene ring substituents is 1. The summed E-state index contributed by atoms with van der Waals surface area (Å²) in [7, 11) is 0. The Bertz CT molecular complexity index is 594. The number of non-ortho nitro benzene ring substituents is 1. The predicted octanol–water partition coefficient (Wildman–Crippen LogP) is 2.08. The number of benzene rings is 1. The molecular formula is C12H11N3O5. The zero-order valence-electron chi connectivity index (χ0n) is 10.2. The highest BCUT2D eigenvalue weighted by atomic mass is 16.7. The Hall–Kier alpha value is -2.90. The second-order valence-corrected chi connectivity index (χ2v) is 3.93. The molecule has 0 aliphatic carbocycles. The molecule has 8 nitrogen and oxygen atoms in total. The first-order chi connectivity index (χ1) is 9.58. The van der Waals surface area contributed by atoms with E-state index in [1.165, 1.54) is 16.8 Å². The summed E-state index contributed by atoms with van der Waals surface area (Å²) < 4.78 is 6.11. The summed E-state index contributed by atoms with van der Waals surface area (Å²) in [6.45, 7) is -0.130. The van der Waals surface area contributed by atoms with Gasteiger partial charge in [0.15, 0.2) is 0 Å². The molecule has 0 aliphatic heterocycles. The van der Waals surface area contributed by atoms with E-state index in [0.29, 0.717) is 5.56 Å². The lowest BCUT2D eigenvalue weighted by molar-refractivity contribution is -0.384. The Kier molecular flexibility index (Phi) is 3.94. The third kappa shape index (κ3) is 3.10. The molecule has 1 N–H and O–H groups in total. The molecular weight excluding hydrogens is 266 g/mol. The lowest BCUT2D eigenvalue weighted by Gasteiger charge is -2.17. The fourth-order valence-electron chi connectivity index (χ4n) is 1.76. The van der Waals surface area contributed by atoms with Crippen LogP contribution in [0.15, 0.2) is 42.7 Å². The van der Waals surface area contributed by atoms with E-state index in [4.69, 9.17) is 5.11 Å². The maximum Gasteiger partial charge on any atom is 0.505 e. The van der Waals surface area contributed by atoms with Gasteiger partial charge in [-0.3, -0.25) is 14.8 Å². The second kappa shape index (κ2) is 5.83. The zero-order chi connectivity index (χ0) is 14.5. The summed E-state index contributed by atoms with van der Waals surface area (Å²) >= 11 is 0. The minimum absolute atomic E-state index is 0.0351. The lowest BCUT2D eigenvalue weighted by Crippen LogP contribution is -2.19. The molecule has 0 fully saturated rings. The molecule has 0 saturated carbocycles. The van der Waals surface area contributed by atoms with E-state index in [-0.39, 0.29) is 12.3 Å². The smallest absolute Gasteiger partial charge is 0.450 e. The van der Waals surface area contributed by atoms with Crippen molar-refractivity contribution in [3.05, 3.63) is 58.4 Å². The molecule has 1 aromatic heterocycles. The Morgan fingerprint density at radius 1 is 1.45 bits per heavy atom. The predicted molar refractivity (Wildman–Crippen MR) is 67.4 cm³/mol. The van der Waals surface area contributed by atoms with Crippen molar-refractivity contribution < 1.29 is 19.6 Å². The SMILES string of the molecule is O=C(O)OCC(c1ccc([N+](=O)[O-])cc1)n1cccn1. The molecule has 1 aromatic carbocycles. The fraction of sp³-hybridized carbons (Fsp3) is 0.167. The molecule has 0 bridgehead atoms. The molecule has 2 rings (SSSR count). The van der Waals surface area contributed by atoms with Gasteiger partial charge in [0.05, 0.1) is 4.92 Å². The molecule has 0 radical (unpaired) electrons. The van der Waals surface area contributed by atoms with Gasteiger partial charge in [0, 0.05) is 24.5 Å². The van der Waals surface area contributed by atoms with Crippen LogP contribution in [0.2, 0.25) is 0 Å². The van der Waals surface area contributed by atoms with Gasteiger partial charge in [-0.1, -0.05) is 0 Å². The summed E-state index contributed by atoms with van der Waals surface area (Å²) in [6.07, 6.45) is 1.83. The third-order valence-electron chi connectivity index (χ3n) is 2.70. The van der Waals surface area contributed by atoms with Crippen molar-refractivity contribution in [2.24, 2.45) is 0 Å². The summed E-state index contributed by atoms with van der Waals surface area (Å²) in [6, 6.07) is 7.03. The average molecular weight is 277 g/mol. The zero-order valence-corrected chi connectivity index (χ0v) is 10.2.